The SMILES string of the molecule is CCCCCCCOc1ccc(/C=C/C2CCC(c3ccc(-c4ccc(C)cc4)c(F)c3F)CC2)c(F)c1. The van der Waals surface area contributed by atoms with E-state index in [0.29, 0.717) is 40.5 Å². The average molecular weight is 521 g/mol. The van der Waals surface area contributed by atoms with E-state index in [1.807, 2.05) is 43.3 Å². The molecule has 0 heterocycles. The average Bonchev–Trinajstić information content (AvgIpc) is 2.93. The van der Waals surface area contributed by atoms with Gasteiger partial charge in [0.1, 0.15) is 11.6 Å². The summed E-state index contributed by atoms with van der Waals surface area (Å²) in [6, 6.07) is 15.9. The van der Waals surface area contributed by atoms with Crippen molar-refractivity contribution >= 4 is 6.08 Å². The van der Waals surface area contributed by atoms with Crippen molar-refractivity contribution < 1.29 is 17.9 Å². The topological polar surface area (TPSA) is 9.23 Å². The molecule has 1 saturated carbocycles. The Balaban J connectivity index is 1.30. The van der Waals surface area contributed by atoms with Gasteiger partial charge in [-0.3, -0.25) is 0 Å². The fourth-order valence-electron chi connectivity index (χ4n) is 5.33. The summed E-state index contributed by atoms with van der Waals surface area (Å²) in [6.45, 7) is 4.77. The van der Waals surface area contributed by atoms with Crippen LogP contribution in [0.2, 0.25) is 0 Å². The number of ether oxygens (including phenoxy) is 1. The van der Waals surface area contributed by atoms with Crippen LogP contribution < -0.4 is 4.74 Å². The predicted octanol–water partition coefficient (Wildman–Crippen LogP) is 10.4. The van der Waals surface area contributed by atoms with Crippen molar-refractivity contribution in [1.29, 1.82) is 0 Å². The number of halogens is 3. The molecule has 0 radical (unpaired) electrons. The first-order valence-corrected chi connectivity index (χ1v) is 14.1. The van der Waals surface area contributed by atoms with Crippen molar-refractivity contribution in [3.8, 4) is 16.9 Å². The minimum absolute atomic E-state index is 0.00337. The first-order valence-electron chi connectivity index (χ1n) is 14.1. The molecule has 38 heavy (non-hydrogen) atoms. The summed E-state index contributed by atoms with van der Waals surface area (Å²) in [5.74, 6) is -0.927. The van der Waals surface area contributed by atoms with Crippen molar-refractivity contribution in [2.75, 3.05) is 6.61 Å². The largest absolute Gasteiger partial charge is 0.493 e. The summed E-state index contributed by atoms with van der Waals surface area (Å²) >= 11 is 0. The fourth-order valence-corrected chi connectivity index (χ4v) is 5.33. The monoisotopic (exact) mass is 520 g/mol. The highest BCUT2D eigenvalue weighted by molar-refractivity contribution is 5.65. The summed E-state index contributed by atoms with van der Waals surface area (Å²) in [6.07, 6.45) is 13.0. The van der Waals surface area contributed by atoms with Crippen molar-refractivity contribution in [2.45, 2.75) is 77.6 Å². The second-order valence-electron chi connectivity index (χ2n) is 10.6. The smallest absolute Gasteiger partial charge is 0.166 e. The van der Waals surface area contributed by atoms with E-state index in [1.165, 1.54) is 25.3 Å². The van der Waals surface area contributed by atoms with E-state index < -0.39 is 11.6 Å². The summed E-state index contributed by atoms with van der Waals surface area (Å²) < 4.78 is 50.3. The van der Waals surface area contributed by atoms with Gasteiger partial charge in [-0.25, -0.2) is 13.2 Å². The first kappa shape index (κ1) is 28.0. The summed E-state index contributed by atoms with van der Waals surface area (Å²) in [5, 5.41) is 0. The molecule has 0 spiro atoms. The minimum atomic E-state index is -0.771. The van der Waals surface area contributed by atoms with Crippen LogP contribution in [0.3, 0.4) is 0 Å². The van der Waals surface area contributed by atoms with Crippen molar-refractivity contribution in [3.63, 3.8) is 0 Å². The van der Waals surface area contributed by atoms with E-state index in [1.54, 1.807) is 18.2 Å². The van der Waals surface area contributed by atoms with Crippen LogP contribution in [0.15, 0.2) is 60.7 Å². The van der Waals surface area contributed by atoms with Gasteiger partial charge in [0.25, 0.3) is 0 Å². The van der Waals surface area contributed by atoms with Gasteiger partial charge in [0, 0.05) is 17.2 Å². The second-order valence-corrected chi connectivity index (χ2v) is 10.6. The molecule has 4 heteroatoms. The number of benzene rings is 3. The molecule has 1 nitrogen and oxygen atoms in total. The molecular formula is C34H39F3O. The lowest BCUT2D eigenvalue weighted by atomic mass is 9.78. The third-order valence-corrected chi connectivity index (χ3v) is 7.72. The lowest BCUT2D eigenvalue weighted by molar-refractivity contribution is 0.303. The molecule has 1 fully saturated rings. The second kappa shape index (κ2) is 13.7. The van der Waals surface area contributed by atoms with Crippen molar-refractivity contribution in [2.24, 2.45) is 5.92 Å². The highest BCUT2D eigenvalue weighted by Gasteiger charge is 2.25. The van der Waals surface area contributed by atoms with Gasteiger partial charge in [-0.05, 0) is 74.1 Å². The fraction of sp³-hybridized carbons (Fsp3) is 0.412. The van der Waals surface area contributed by atoms with Crippen LogP contribution in [0.1, 0.15) is 87.3 Å². The summed E-state index contributed by atoms with van der Waals surface area (Å²) in [5.41, 5.74) is 3.07. The van der Waals surface area contributed by atoms with Crippen molar-refractivity contribution in [1.82, 2.24) is 0 Å². The molecule has 4 rings (SSSR count). The highest BCUT2D eigenvalue weighted by atomic mass is 19.2. The third kappa shape index (κ3) is 7.30. The molecule has 0 saturated heterocycles. The maximum Gasteiger partial charge on any atom is 0.166 e. The molecule has 0 aromatic heterocycles. The zero-order chi connectivity index (χ0) is 26.9. The zero-order valence-corrected chi connectivity index (χ0v) is 22.6. The number of hydrogen-bond donors (Lipinski definition) is 0. The lowest BCUT2D eigenvalue weighted by Gasteiger charge is -2.27. The first-order chi connectivity index (χ1) is 18.5. The van der Waals surface area contributed by atoms with Gasteiger partial charge in [-0.2, -0.15) is 0 Å². The lowest BCUT2D eigenvalue weighted by Crippen LogP contribution is -2.13. The van der Waals surface area contributed by atoms with Gasteiger partial charge in [0.05, 0.1) is 6.61 Å². The molecular weight excluding hydrogens is 481 g/mol. The Labute approximate surface area is 225 Å². The van der Waals surface area contributed by atoms with Gasteiger partial charge >= 0.3 is 0 Å². The standard InChI is InChI=1S/C34H39F3O/c1-3-4-5-6-7-22-38-29-19-18-28(32(35)23-29)17-12-25-10-15-27(16-11-25)31-21-20-30(33(36)34(31)37)26-13-8-24(2)9-14-26/h8-9,12-14,17-21,23,25,27H,3-7,10-11,15-16,22H2,1-2H3/b17-12+. The Kier molecular flexibility index (Phi) is 10.1. The van der Waals surface area contributed by atoms with Crippen LogP contribution in [-0.4, -0.2) is 6.61 Å². The van der Waals surface area contributed by atoms with E-state index in [9.17, 15) is 8.78 Å². The van der Waals surface area contributed by atoms with Crippen molar-refractivity contribution in [3.05, 3.63) is 94.8 Å². The molecule has 3 aromatic carbocycles. The Morgan fingerprint density at radius 2 is 1.55 bits per heavy atom. The molecule has 0 amide bonds. The van der Waals surface area contributed by atoms with E-state index in [4.69, 9.17) is 4.74 Å². The Bertz CT molecular complexity index is 1210. The van der Waals surface area contributed by atoms with E-state index in [-0.39, 0.29) is 11.7 Å². The van der Waals surface area contributed by atoms with Gasteiger partial charge < -0.3 is 4.74 Å². The molecule has 0 unspecified atom stereocenters. The van der Waals surface area contributed by atoms with Crippen LogP contribution >= 0.6 is 0 Å². The number of unbranched alkanes of at least 4 members (excludes halogenated alkanes) is 4. The summed E-state index contributed by atoms with van der Waals surface area (Å²) in [4.78, 5) is 0. The molecule has 202 valence electrons. The van der Waals surface area contributed by atoms with E-state index >= 15 is 4.39 Å². The van der Waals surface area contributed by atoms with Crippen LogP contribution in [-0.2, 0) is 0 Å². The normalized spacial score (nSPS) is 17.7. The quantitative estimate of drug-likeness (QED) is 0.229. The Hall–Kier alpha value is -3.01. The Morgan fingerprint density at radius 3 is 2.26 bits per heavy atom. The van der Waals surface area contributed by atoms with Crippen LogP contribution in [0, 0.1) is 30.3 Å². The van der Waals surface area contributed by atoms with E-state index in [2.05, 4.69) is 13.0 Å². The number of allylic oxidation sites excluding steroid dienone is 1. The van der Waals surface area contributed by atoms with Crippen LogP contribution in [0.5, 0.6) is 5.75 Å². The number of hydrogen-bond acceptors (Lipinski definition) is 1. The van der Waals surface area contributed by atoms with Crippen LogP contribution in [0.25, 0.3) is 17.2 Å². The maximum absolute atomic E-state index is 15.1. The van der Waals surface area contributed by atoms with Crippen LogP contribution in [0.4, 0.5) is 13.2 Å². The summed E-state index contributed by atoms with van der Waals surface area (Å²) in [7, 11) is 0. The van der Waals surface area contributed by atoms with Gasteiger partial charge in [-0.15, -0.1) is 0 Å². The number of aryl methyl sites for hydroxylation is 1. The van der Waals surface area contributed by atoms with Gasteiger partial charge in [0.2, 0.25) is 0 Å². The molecule has 0 aliphatic heterocycles. The molecule has 3 aromatic rings. The molecule has 0 bridgehead atoms. The molecule has 1 aliphatic carbocycles. The molecule has 1 aliphatic rings. The zero-order valence-electron chi connectivity index (χ0n) is 22.6. The Morgan fingerprint density at radius 1 is 0.816 bits per heavy atom. The third-order valence-electron chi connectivity index (χ3n) is 7.72. The number of rotatable bonds is 11. The molecule has 0 N–H and O–H groups in total. The predicted molar refractivity (Wildman–Crippen MR) is 151 cm³/mol. The van der Waals surface area contributed by atoms with E-state index in [0.717, 1.165) is 44.1 Å². The van der Waals surface area contributed by atoms with Gasteiger partial charge in [-0.1, -0.05) is 86.7 Å². The minimum Gasteiger partial charge on any atom is -0.493 e. The highest BCUT2D eigenvalue weighted by Crippen LogP contribution is 2.39. The molecule has 0 atom stereocenters. The van der Waals surface area contributed by atoms with Gasteiger partial charge in [0.15, 0.2) is 11.6 Å². The maximum atomic E-state index is 15.1.